The summed E-state index contributed by atoms with van der Waals surface area (Å²) in [5, 5.41) is 26.0. The molecule has 0 saturated carbocycles. The average Bonchev–Trinajstić information content (AvgIpc) is 2.10. The molecule has 0 fully saturated rings. The third kappa shape index (κ3) is 50.0. The van der Waals surface area contributed by atoms with Crippen LogP contribution in [0.1, 0.15) is 20.8 Å². The fraction of sp³-hybridized carbons (Fsp3) is 1.00. The third-order valence-electron chi connectivity index (χ3n) is 1.89. The fourth-order valence-electron chi connectivity index (χ4n) is 1.59. The van der Waals surface area contributed by atoms with Gasteiger partial charge in [0.25, 0.3) is 0 Å². The molecule has 0 aliphatic rings. The fourth-order valence-corrected chi connectivity index (χ4v) is 1.59. The van der Waals surface area contributed by atoms with Crippen LogP contribution in [0, 0.1) is 0 Å². The molecule has 0 aliphatic carbocycles. The van der Waals surface area contributed by atoms with Crippen LogP contribution in [0.4, 0.5) is 0 Å². The van der Waals surface area contributed by atoms with Crippen LogP contribution in [0.25, 0.3) is 0 Å². The maximum absolute atomic E-state index is 8.68. The third-order valence-corrected chi connectivity index (χ3v) is 1.89. The summed E-state index contributed by atoms with van der Waals surface area (Å²) < 4.78 is 0. The molecule has 142 valence electrons. The average molecular weight is 368 g/mol. The molecule has 0 amide bonds. The van der Waals surface area contributed by atoms with E-state index in [9.17, 15) is 0 Å². The number of rotatable bonds is 6. The van der Waals surface area contributed by atoms with Gasteiger partial charge in [-0.1, -0.05) is 0 Å². The summed E-state index contributed by atoms with van der Waals surface area (Å²) in [6.45, 7) is 7.58. The maximum Gasteiger partial charge on any atom is 0.0638 e. The van der Waals surface area contributed by atoms with E-state index in [1.165, 1.54) is 0 Å². The van der Waals surface area contributed by atoms with Crippen LogP contribution in [0.3, 0.4) is 0 Å². The van der Waals surface area contributed by atoms with Crippen molar-refractivity contribution in [3.63, 3.8) is 0 Å². The summed E-state index contributed by atoms with van der Waals surface area (Å²) in [6.07, 6.45) is -0.597. The van der Waals surface area contributed by atoms with Crippen molar-refractivity contribution in [1.29, 1.82) is 0 Å². The van der Waals surface area contributed by atoms with Gasteiger partial charge >= 0.3 is 0 Å². The predicted octanol–water partition coefficient (Wildman–Crippen LogP) is -0.216. The minimum atomic E-state index is -0.199. The van der Waals surface area contributed by atoms with Gasteiger partial charge in [0.05, 0.1) is 18.3 Å². The van der Waals surface area contributed by atoms with E-state index in [0.29, 0.717) is 0 Å². The Morgan fingerprint density at radius 3 is 0.682 bits per heavy atom. The first kappa shape index (κ1) is 30.2. The molecule has 3 unspecified atom stereocenters. The second kappa shape index (κ2) is 19.3. The van der Waals surface area contributed by atoms with E-state index in [-0.39, 0.29) is 34.8 Å². The molecule has 22 heavy (non-hydrogen) atoms. The van der Waals surface area contributed by atoms with Gasteiger partial charge in [-0.05, 0) is 63.1 Å². The molecular formula is C15H39N3NiO3. The molecule has 0 radical (unpaired) electrons. The number of aliphatic hydroxyl groups is 3. The van der Waals surface area contributed by atoms with Crippen molar-refractivity contribution in [3.05, 3.63) is 0 Å². The standard InChI is InChI=1S/3C5H13NO.Ni/c3*1-5(7)4-6(2)3;/h3*5,7H,4H2,1-3H3;. The van der Waals surface area contributed by atoms with Gasteiger partial charge in [-0.15, -0.1) is 0 Å². The number of likely N-dealkylation sites (N-methyl/N-ethyl adjacent to an activating group) is 3. The Morgan fingerprint density at radius 1 is 0.545 bits per heavy atom. The van der Waals surface area contributed by atoms with Gasteiger partial charge in [-0.2, -0.15) is 0 Å². The molecule has 0 spiro atoms. The van der Waals surface area contributed by atoms with Crippen LogP contribution in [0.15, 0.2) is 0 Å². The van der Waals surface area contributed by atoms with Gasteiger partial charge in [0, 0.05) is 36.1 Å². The number of hydrogen-bond donors (Lipinski definition) is 3. The molecule has 7 heteroatoms. The number of nitrogens with zero attached hydrogens (tertiary/aromatic N) is 3. The molecular weight excluding hydrogens is 329 g/mol. The SMILES string of the molecule is CC(O)CN(C)C.CC(O)CN(C)C.CC(O)CN(C)C.[Ni]. The molecule has 6 nitrogen and oxygen atoms in total. The Kier molecular flexibility index (Phi) is 26.5. The minimum Gasteiger partial charge on any atom is -0.392 e. The second-order valence-corrected chi connectivity index (χ2v) is 6.33. The van der Waals surface area contributed by atoms with Crippen LogP contribution in [-0.4, -0.2) is 110 Å². The summed E-state index contributed by atoms with van der Waals surface area (Å²) in [5.74, 6) is 0. The predicted molar refractivity (Wildman–Crippen MR) is 90.7 cm³/mol. The zero-order chi connectivity index (χ0) is 17.6. The molecule has 0 bridgehead atoms. The van der Waals surface area contributed by atoms with E-state index in [1.54, 1.807) is 20.8 Å². The topological polar surface area (TPSA) is 70.4 Å². The number of hydrogen-bond acceptors (Lipinski definition) is 6. The van der Waals surface area contributed by atoms with Gasteiger partial charge in [-0.25, -0.2) is 0 Å². The van der Waals surface area contributed by atoms with E-state index in [4.69, 9.17) is 15.3 Å². The van der Waals surface area contributed by atoms with Crippen molar-refractivity contribution in [1.82, 2.24) is 14.7 Å². The summed E-state index contributed by atoms with van der Waals surface area (Å²) in [5.41, 5.74) is 0. The first-order chi connectivity index (χ1) is 9.38. The Balaban J connectivity index is -0.000000108. The zero-order valence-corrected chi connectivity index (χ0v) is 16.8. The second-order valence-electron chi connectivity index (χ2n) is 6.33. The van der Waals surface area contributed by atoms with Crippen LogP contribution in [-0.2, 0) is 16.5 Å². The Morgan fingerprint density at radius 2 is 0.682 bits per heavy atom. The summed E-state index contributed by atoms with van der Waals surface area (Å²) in [4.78, 5) is 5.85. The van der Waals surface area contributed by atoms with E-state index in [2.05, 4.69) is 0 Å². The zero-order valence-electron chi connectivity index (χ0n) is 15.9. The van der Waals surface area contributed by atoms with Crippen LogP contribution >= 0.6 is 0 Å². The summed E-state index contributed by atoms with van der Waals surface area (Å²) >= 11 is 0. The van der Waals surface area contributed by atoms with Crippen molar-refractivity contribution in [2.24, 2.45) is 0 Å². The van der Waals surface area contributed by atoms with E-state index >= 15 is 0 Å². The van der Waals surface area contributed by atoms with Gasteiger partial charge < -0.3 is 30.0 Å². The molecule has 0 rings (SSSR count). The van der Waals surface area contributed by atoms with E-state index < -0.39 is 0 Å². The van der Waals surface area contributed by atoms with Gasteiger partial charge in [-0.3, -0.25) is 0 Å². The summed E-state index contributed by atoms with van der Waals surface area (Å²) in [7, 11) is 11.6. The molecule has 0 saturated heterocycles. The molecule has 0 aromatic rings. The Bertz CT molecular complexity index is 151. The summed E-state index contributed by atoms with van der Waals surface area (Å²) in [6, 6.07) is 0. The first-order valence-corrected chi connectivity index (χ1v) is 7.36. The number of aliphatic hydroxyl groups excluding tert-OH is 3. The first-order valence-electron chi connectivity index (χ1n) is 7.36. The van der Waals surface area contributed by atoms with Crippen LogP contribution < -0.4 is 0 Å². The van der Waals surface area contributed by atoms with Crippen molar-refractivity contribution in [3.8, 4) is 0 Å². The molecule has 3 atom stereocenters. The van der Waals surface area contributed by atoms with Gasteiger partial charge in [0.15, 0.2) is 0 Å². The van der Waals surface area contributed by atoms with E-state index in [1.807, 2.05) is 57.0 Å². The smallest absolute Gasteiger partial charge is 0.0638 e. The molecule has 0 aliphatic heterocycles. The van der Waals surface area contributed by atoms with Crippen molar-refractivity contribution >= 4 is 0 Å². The Hall–Kier alpha value is 0.254. The largest absolute Gasteiger partial charge is 0.392 e. The molecule has 0 aromatic carbocycles. The monoisotopic (exact) mass is 367 g/mol. The molecule has 0 aromatic heterocycles. The quantitative estimate of drug-likeness (QED) is 0.564. The van der Waals surface area contributed by atoms with Crippen molar-refractivity contribution in [2.45, 2.75) is 39.1 Å². The van der Waals surface area contributed by atoms with E-state index in [0.717, 1.165) is 19.6 Å². The van der Waals surface area contributed by atoms with Crippen molar-refractivity contribution in [2.75, 3.05) is 61.9 Å². The van der Waals surface area contributed by atoms with Crippen LogP contribution in [0.2, 0.25) is 0 Å². The minimum absolute atomic E-state index is 0. The van der Waals surface area contributed by atoms with Gasteiger partial charge in [0.1, 0.15) is 0 Å². The van der Waals surface area contributed by atoms with Crippen LogP contribution in [0.5, 0.6) is 0 Å². The maximum atomic E-state index is 8.68. The molecule has 3 N–H and O–H groups in total. The Labute approximate surface area is 148 Å². The normalized spacial score (nSPS) is 14.3. The van der Waals surface area contributed by atoms with Gasteiger partial charge in [0.2, 0.25) is 0 Å². The molecule has 0 heterocycles. The van der Waals surface area contributed by atoms with Crippen molar-refractivity contribution < 1.29 is 31.8 Å².